The molecule has 0 radical (unpaired) electrons. The molecule has 1 N–H and O–H groups in total. The molecule has 1 unspecified atom stereocenters. The predicted molar refractivity (Wildman–Crippen MR) is 143 cm³/mol. The molecule has 0 fully saturated rings. The number of anilines is 2. The van der Waals surface area contributed by atoms with Crippen LogP contribution in [-0.4, -0.2) is 43.1 Å². The quantitative estimate of drug-likeness (QED) is 0.349. The Balaban J connectivity index is 1.83. The number of hydrogen-bond donors (Lipinski definition) is 1. The zero-order valence-corrected chi connectivity index (χ0v) is 23.9. The van der Waals surface area contributed by atoms with Gasteiger partial charge in [0.15, 0.2) is 8.32 Å². The minimum atomic E-state index is -1.97. The van der Waals surface area contributed by atoms with Gasteiger partial charge < -0.3 is 9.74 Å². The Morgan fingerprint density at radius 1 is 1.24 bits per heavy atom. The second kappa shape index (κ2) is 10.1. The molecule has 2 aromatic rings. The number of amides is 1. The lowest BCUT2D eigenvalue weighted by molar-refractivity contribution is -0.142. The Labute approximate surface area is 214 Å². The van der Waals surface area contributed by atoms with Crippen LogP contribution in [0.4, 0.5) is 15.9 Å². The van der Waals surface area contributed by atoms with E-state index in [1.165, 1.54) is 21.8 Å². The molecule has 1 aromatic heterocycles. The van der Waals surface area contributed by atoms with Gasteiger partial charge >= 0.3 is 0 Å². The SMILES string of the molecule is CC(CON1CCc2cc(=O)n(C)c(Nc3ccc(I)cc3F)c2C1=O)O[Si](C)(C)C(C)(C)C. The molecule has 0 saturated heterocycles. The molecule has 2 heterocycles. The highest BCUT2D eigenvalue weighted by Crippen LogP contribution is 2.37. The van der Waals surface area contributed by atoms with Crippen LogP contribution < -0.4 is 10.9 Å². The Hall–Kier alpha value is -1.76. The second-order valence-corrected chi connectivity index (χ2v) is 16.2. The van der Waals surface area contributed by atoms with Crippen LogP contribution in [-0.2, 0) is 22.7 Å². The van der Waals surface area contributed by atoms with Crippen LogP contribution >= 0.6 is 22.6 Å². The van der Waals surface area contributed by atoms with Gasteiger partial charge in [-0.1, -0.05) is 20.8 Å². The highest BCUT2D eigenvalue weighted by molar-refractivity contribution is 14.1. The van der Waals surface area contributed by atoms with Gasteiger partial charge in [0.2, 0.25) is 0 Å². The van der Waals surface area contributed by atoms with Crippen LogP contribution in [0.1, 0.15) is 43.6 Å². The monoisotopic (exact) mass is 601 g/mol. The number of carbonyl (C=O) groups excluding carboxylic acids is 1. The van der Waals surface area contributed by atoms with Crippen LogP contribution in [0.5, 0.6) is 0 Å². The fraction of sp³-hybridized carbons (Fsp3) is 0.500. The number of hydrogen-bond acceptors (Lipinski definition) is 5. The van der Waals surface area contributed by atoms with E-state index in [-0.39, 0.29) is 40.7 Å². The lowest BCUT2D eigenvalue weighted by atomic mass is 10.0. The zero-order valence-electron chi connectivity index (χ0n) is 20.8. The summed E-state index contributed by atoms with van der Waals surface area (Å²) in [5.41, 5.74) is 0.841. The highest BCUT2D eigenvalue weighted by Gasteiger charge is 2.39. The van der Waals surface area contributed by atoms with Crippen LogP contribution in [0.3, 0.4) is 0 Å². The summed E-state index contributed by atoms with van der Waals surface area (Å²) >= 11 is 2.02. The van der Waals surface area contributed by atoms with Gasteiger partial charge in [-0.3, -0.25) is 19.0 Å². The number of aromatic nitrogens is 1. The molecule has 1 atom stereocenters. The summed E-state index contributed by atoms with van der Waals surface area (Å²) in [5.74, 6) is -0.596. The molecule has 0 saturated carbocycles. The molecule has 10 heteroatoms. The van der Waals surface area contributed by atoms with Gasteiger partial charge in [0.1, 0.15) is 11.6 Å². The number of nitrogens with zero attached hydrogens (tertiary/aromatic N) is 2. The van der Waals surface area contributed by atoms with Crippen molar-refractivity contribution in [2.24, 2.45) is 7.05 Å². The first kappa shape index (κ1) is 26.8. The topological polar surface area (TPSA) is 72.8 Å². The van der Waals surface area contributed by atoms with Gasteiger partial charge in [0.05, 0.1) is 30.5 Å². The minimum absolute atomic E-state index is 0.0667. The molecule has 1 aliphatic rings. The fourth-order valence-electron chi connectivity index (χ4n) is 3.53. The summed E-state index contributed by atoms with van der Waals surface area (Å²) in [7, 11) is -0.419. The largest absolute Gasteiger partial charge is 0.412 e. The number of halogens is 2. The van der Waals surface area contributed by atoms with Crippen molar-refractivity contribution in [1.29, 1.82) is 0 Å². The van der Waals surface area contributed by atoms with E-state index >= 15 is 0 Å². The maximum Gasteiger partial charge on any atom is 0.281 e. The van der Waals surface area contributed by atoms with E-state index < -0.39 is 14.1 Å². The van der Waals surface area contributed by atoms with E-state index in [2.05, 4.69) is 39.2 Å². The number of rotatable bonds is 7. The first-order valence-corrected chi connectivity index (χ1v) is 15.3. The van der Waals surface area contributed by atoms with Crippen molar-refractivity contribution >= 4 is 48.3 Å². The number of hydroxylamine groups is 2. The molecule has 7 nitrogen and oxygen atoms in total. The zero-order chi connectivity index (χ0) is 25.4. The Kier molecular flexibility index (Phi) is 7.95. The van der Waals surface area contributed by atoms with Crippen molar-refractivity contribution in [2.45, 2.75) is 58.4 Å². The molecule has 34 heavy (non-hydrogen) atoms. The minimum Gasteiger partial charge on any atom is -0.412 e. The van der Waals surface area contributed by atoms with Gasteiger partial charge in [0.25, 0.3) is 11.5 Å². The number of benzene rings is 1. The molecule has 0 aliphatic carbocycles. The molecule has 0 spiro atoms. The molecule has 1 aromatic carbocycles. The standard InChI is InChI=1S/C24H33FIN3O4Si/c1-15(33-34(6,7)24(2,3)4)14-32-29-11-10-16-12-20(30)28(5)22(21(16)23(29)31)27-19-9-8-17(26)13-18(19)25/h8-9,12-13,15,27H,10-11,14H2,1-7H3. The van der Waals surface area contributed by atoms with Gasteiger partial charge in [-0.25, -0.2) is 9.45 Å². The van der Waals surface area contributed by atoms with E-state index in [0.29, 0.717) is 24.1 Å². The molecule has 1 amide bonds. The number of fused-ring (bicyclic) bond motifs is 1. The smallest absolute Gasteiger partial charge is 0.281 e. The summed E-state index contributed by atoms with van der Waals surface area (Å²) in [6, 6.07) is 6.18. The van der Waals surface area contributed by atoms with Crippen LogP contribution in [0.2, 0.25) is 18.1 Å². The Morgan fingerprint density at radius 3 is 2.53 bits per heavy atom. The number of nitrogens with one attached hydrogen (secondary N) is 1. The van der Waals surface area contributed by atoms with Gasteiger partial charge in [0, 0.05) is 16.7 Å². The number of pyridine rings is 1. The van der Waals surface area contributed by atoms with Crippen LogP contribution in [0.25, 0.3) is 0 Å². The van der Waals surface area contributed by atoms with Crippen molar-refractivity contribution in [3.63, 3.8) is 0 Å². The first-order valence-electron chi connectivity index (χ1n) is 11.3. The van der Waals surface area contributed by atoms with Crippen molar-refractivity contribution in [3.05, 3.63) is 55.1 Å². The van der Waals surface area contributed by atoms with Gasteiger partial charge in [-0.15, -0.1) is 0 Å². The maximum absolute atomic E-state index is 14.5. The maximum atomic E-state index is 14.5. The third-order valence-electron chi connectivity index (χ3n) is 6.50. The van der Waals surface area contributed by atoms with E-state index in [0.717, 1.165) is 3.57 Å². The summed E-state index contributed by atoms with van der Waals surface area (Å²) in [5, 5.41) is 4.34. The lowest BCUT2D eigenvalue weighted by Gasteiger charge is -2.38. The summed E-state index contributed by atoms with van der Waals surface area (Å²) in [6.07, 6.45) is 0.270. The van der Waals surface area contributed by atoms with E-state index in [1.54, 1.807) is 19.2 Å². The molecule has 0 bridgehead atoms. The van der Waals surface area contributed by atoms with Crippen LogP contribution in [0.15, 0.2) is 29.1 Å². The first-order chi connectivity index (χ1) is 15.7. The van der Waals surface area contributed by atoms with E-state index in [4.69, 9.17) is 9.26 Å². The summed E-state index contributed by atoms with van der Waals surface area (Å²) in [6.45, 7) is 13.4. The Bertz CT molecular complexity index is 1150. The molecular weight excluding hydrogens is 568 g/mol. The summed E-state index contributed by atoms with van der Waals surface area (Å²) < 4.78 is 22.9. The molecule has 186 valence electrons. The average molecular weight is 602 g/mol. The third-order valence-corrected chi connectivity index (χ3v) is 11.8. The molecule has 1 aliphatic heterocycles. The second-order valence-electron chi connectivity index (χ2n) is 10.2. The highest BCUT2D eigenvalue weighted by atomic mass is 127. The molecule has 3 rings (SSSR count). The Morgan fingerprint density at radius 2 is 1.91 bits per heavy atom. The predicted octanol–water partition coefficient (Wildman–Crippen LogP) is 5.21. The van der Waals surface area contributed by atoms with E-state index in [9.17, 15) is 14.0 Å². The summed E-state index contributed by atoms with van der Waals surface area (Å²) in [4.78, 5) is 31.8. The normalized spacial score (nSPS) is 15.3. The van der Waals surface area contributed by atoms with Crippen molar-refractivity contribution in [3.8, 4) is 0 Å². The average Bonchev–Trinajstić information content (AvgIpc) is 2.71. The van der Waals surface area contributed by atoms with E-state index in [1.807, 2.05) is 29.5 Å². The lowest BCUT2D eigenvalue weighted by Crippen LogP contribution is -2.46. The fourth-order valence-corrected chi connectivity index (χ4v) is 5.41. The number of carbonyl (C=O) groups is 1. The van der Waals surface area contributed by atoms with Gasteiger partial charge in [-0.2, -0.15) is 0 Å². The van der Waals surface area contributed by atoms with Crippen molar-refractivity contribution in [2.75, 3.05) is 18.5 Å². The molecular formula is C24H33FIN3O4Si. The van der Waals surface area contributed by atoms with Crippen molar-refractivity contribution < 1.29 is 18.4 Å². The van der Waals surface area contributed by atoms with Crippen molar-refractivity contribution in [1.82, 2.24) is 9.63 Å². The van der Waals surface area contributed by atoms with Gasteiger partial charge in [-0.05, 0) is 77.8 Å². The third kappa shape index (κ3) is 5.72. The van der Waals surface area contributed by atoms with Crippen LogP contribution in [0, 0.1) is 9.39 Å².